The van der Waals surface area contributed by atoms with Crippen LogP contribution in [0, 0.1) is 0 Å². The summed E-state index contributed by atoms with van der Waals surface area (Å²) < 4.78 is 71.8. The van der Waals surface area contributed by atoms with Gasteiger partial charge in [0.15, 0.2) is 44.0 Å². The van der Waals surface area contributed by atoms with Crippen molar-refractivity contribution in [2.45, 2.75) is 172 Å². The van der Waals surface area contributed by atoms with Crippen LogP contribution in [-0.2, 0) is 61.6 Å². The molecule has 28 atom stereocenters. The summed E-state index contributed by atoms with van der Waals surface area (Å²) >= 11 is 0. The van der Waals surface area contributed by atoms with Crippen LogP contribution in [0.15, 0.2) is 0 Å². The van der Waals surface area contributed by atoms with Gasteiger partial charge in [0, 0.05) is 0 Å². The summed E-state index contributed by atoms with van der Waals surface area (Å²) in [7, 11) is 0. The van der Waals surface area contributed by atoms with E-state index in [-0.39, 0.29) is 0 Å². The van der Waals surface area contributed by atoms with Gasteiger partial charge in [0.25, 0.3) is 0 Å². The van der Waals surface area contributed by atoms with E-state index >= 15 is 0 Å². The van der Waals surface area contributed by atoms with Gasteiger partial charge in [-0.1, -0.05) is 0 Å². The molecule has 0 aromatic rings. The van der Waals surface area contributed by atoms with Crippen LogP contribution in [0.4, 0.5) is 0 Å². The SMILES string of the molecule is O[C@@H]1[C@@H](O)[C@H](O[C@H]2[C@H](O[C@@H]3CO[C@@H](O[C@@H]4CO[C@@H](O[C@@H]5CO[C@@H](O)[C@H](O)[C@H]5O)[C@H](O)[C@H]4O)[C@H](O)[C@H]3O)OC[C@@H](O[C@@H]3OC[C@@H](O[C@@H]4OC[C@@H](O)[C@H](O)[C@H]4O)[C@H](O)[C@H]3O)[C@@H]2O)OC[C@H]1O. The number of rotatable bonds is 12. The number of ether oxygens (including phenoxy) is 13. The first kappa shape index (κ1) is 50.7. The summed E-state index contributed by atoms with van der Waals surface area (Å²) in [6, 6.07) is 0. The third-order valence-corrected chi connectivity index (χ3v) is 11.9. The Bertz CT molecular complexity index is 1460. The average molecular weight is 943 g/mol. The van der Waals surface area contributed by atoms with Gasteiger partial charge in [-0.05, 0) is 0 Å². The molecule has 0 spiro atoms. The molecule has 7 aliphatic heterocycles. The molecule has 7 saturated heterocycles. The van der Waals surface area contributed by atoms with Crippen LogP contribution in [0.1, 0.15) is 0 Å². The Morgan fingerprint density at radius 3 is 0.891 bits per heavy atom. The van der Waals surface area contributed by atoms with E-state index in [0.29, 0.717) is 0 Å². The molecule has 0 amide bonds. The maximum atomic E-state index is 11.6. The zero-order chi connectivity index (χ0) is 46.3. The van der Waals surface area contributed by atoms with Crippen LogP contribution < -0.4 is 0 Å². The number of aliphatic hydroxyl groups is 16. The van der Waals surface area contributed by atoms with Crippen molar-refractivity contribution >= 4 is 0 Å². The molecule has 7 aliphatic rings. The molecule has 7 heterocycles. The predicted molar refractivity (Wildman–Crippen MR) is 190 cm³/mol. The van der Waals surface area contributed by atoms with Gasteiger partial charge in [0.05, 0.1) is 46.2 Å². The zero-order valence-electron chi connectivity index (χ0n) is 33.6. The summed E-state index contributed by atoms with van der Waals surface area (Å²) in [5, 5.41) is 167. The number of hydrogen-bond donors (Lipinski definition) is 16. The fourth-order valence-corrected chi connectivity index (χ4v) is 7.87. The maximum Gasteiger partial charge on any atom is 0.187 e. The lowest BCUT2D eigenvalue weighted by Gasteiger charge is -2.47. The first-order chi connectivity index (χ1) is 30.4. The van der Waals surface area contributed by atoms with E-state index in [0.717, 1.165) is 0 Å². The summed E-state index contributed by atoms with van der Waals surface area (Å²) in [5.41, 5.74) is 0. The van der Waals surface area contributed by atoms with Gasteiger partial charge in [0.2, 0.25) is 0 Å². The Hall–Kier alpha value is -1.16. The molecule has 29 heteroatoms. The summed E-state index contributed by atoms with van der Waals surface area (Å²) in [4.78, 5) is 0. The molecular weight excluding hydrogens is 884 g/mol. The van der Waals surface area contributed by atoms with Crippen LogP contribution in [0.25, 0.3) is 0 Å². The van der Waals surface area contributed by atoms with Crippen molar-refractivity contribution in [3.8, 4) is 0 Å². The minimum absolute atomic E-state index is 0.394. The second kappa shape index (κ2) is 21.6. The number of aliphatic hydroxyl groups excluding tert-OH is 16. The van der Waals surface area contributed by atoms with E-state index in [2.05, 4.69) is 0 Å². The minimum atomic E-state index is -1.92. The predicted octanol–water partition coefficient (Wildman–Crippen LogP) is -11.8. The van der Waals surface area contributed by atoms with Gasteiger partial charge in [-0.15, -0.1) is 0 Å². The van der Waals surface area contributed by atoms with Crippen molar-refractivity contribution in [2.75, 3.05) is 46.2 Å². The molecule has 29 nitrogen and oxygen atoms in total. The van der Waals surface area contributed by atoms with E-state index in [4.69, 9.17) is 61.6 Å². The van der Waals surface area contributed by atoms with Crippen LogP contribution in [0.5, 0.6) is 0 Å². The topological polar surface area (TPSA) is 444 Å². The Labute approximate surface area is 361 Å². The van der Waals surface area contributed by atoms with Crippen LogP contribution in [0.2, 0.25) is 0 Å². The quantitative estimate of drug-likeness (QED) is 0.0864. The molecule has 0 unspecified atom stereocenters. The Morgan fingerprint density at radius 2 is 0.500 bits per heavy atom. The Balaban J connectivity index is 0.950. The van der Waals surface area contributed by atoms with Crippen molar-refractivity contribution in [2.24, 2.45) is 0 Å². The maximum absolute atomic E-state index is 11.6. The first-order valence-corrected chi connectivity index (χ1v) is 20.5. The third kappa shape index (κ3) is 10.8. The van der Waals surface area contributed by atoms with Gasteiger partial charge in [-0.3, -0.25) is 0 Å². The molecule has 7 rings (SSSR count). The van der Waals surface area contributed by atoms with E-state index < -0.39 is 218 Å². The zero-order valence-corrected chi connectivity index (χ0v) is 33.6. The highest BCUT2D eigenvalue weighted by molar-refractivity contribution is 4.95. The van der Waals surface area contributed by atoms with Gasteiger partial charge < -0.3 is 143 Å². The largest absolute Gasteiger partial charge is 0.388 e. The average Bonchev–Trinajstić information content (AvgIpc) is 3.27. The lowest BCUT2D eigenvalue weighted by molar-refractivity contribution is -0.382. The van der Waals surface area contributed by atoms with Crippen molar-refractivity contribution in [3.63, 3.8) is 0 Å². The highest BCUT2D eigenvalue weighted by Crippen LogP contribution is 2.33. The van der Waals surface area contributed by atoms with Gasteiger partial charge in [-0.2, -0.15) is 0 Å². The van der Waals surface area contributed by atoms with Crippen LogP contribution in [-0.4, -0.2) is 300 Å². The van der Waals surface area contributed by atoms with Gasteiger partial charge >= 0.3 is 0 Å². The Kier molecular flexibility index (Phi) is 17.1. The highest BCUT2D eigenvalue weighted by Gasteiger charge is 2.53. The second-order valence-corrected chi connectivity index (χ2v) is 16.4. The molecule has 0 aliphatic carbocycles. The molecule has 0 saturated carbocycles. The van der Waals surface area contributed by atoms with Crippen molar-refractivity contribution in [3.05, 3.63) is 0 Å². The minimum Gasteiger partial charge on any atom is -0.388 e. The monoisotopic (exact) mass is 942 g/mol. The van der Waals surface area contributed by atoms with E-state index in [1.165, 1.54) is 0 Å². The second-order valence-electron chi connectivity index (χ2n) is 16.4. The molecule has 0 aromatic heterocycles. The van der Waals surface area contributed by atoms with E-state index in [1.807, 2.05) is 0 Å². The van der Waals surface area contributed by atoms with Crippen LogP contribution in [0.3, 0.4) is 0 Å². The fourth-order valence-electron chi connectivity index (χ4n) is 7.87. The molecule has 64 heavy (non-hydrogen) atoms. The highest BCUT2D eigenvalue weighted by atomic mass is 16.8. The van der Waals surface area contributed by atoms with E-state index in [9.17, 15) is 81.7 Å². The third-order valence-electron chi connectivity index (χ3n) is 11.9. The van der Waals surface area contributed by atoms with Gasteiger partial charge in [-0.25, -0.2) is 0 Å². The fraction of sp³-hybridized carbons (Fsp3) is 1.00. The Morgan fingerprint density at radius 1 is 0.234 bits per heavy atom. The summed E-state index contributed by atoms with van der Waals surface area (Å²) in [6.45, 7) is -3.41. The van der Waals surface area contributed by atoms with Crippen molar-refractivity contribution < 1.29 is 143 Å². The van der Waals surface area contributed by atoms with Crippen molar-refractivity contribution in [1.82, 2.24) is 0 Å². The van der Waals surface area contributed by atoms with Crippen molar-refractivity contribution in [1.29, 1.82) is 0 Å². The molecule has 0 aromatic carbocycles. The summed E-state index contributed by atoms with van der Waals surface area (Å²) in [6.07, 6.45) is -46.4. The molecule has 16 N–H and O–H groups in total. The van der Waals surface area contributed by atoms with E-state index in [1.54, 1.807) is 0 Å². The molecule has 372 valence electrons. The normalized spacial score (nSPS) is 54.4. The smallest absolute Gasteiger partial charge is 0.187 e. The standard InChI is InChI=1S/C35H58O29/c36-8-1-53-30(23(46)15(8)38)60-11-4-56-33(26(49)18(11)41)62-14-7-58-35(28(21(14)44)64-34-24(47)16(39)9(37)2-54-34)63-13-6-57-32(27(50)20(13)43)61-12-5-55-31(25(48)19(12)42)59-10-3-52-29(51)22(45)17(10)40/h8-51H,1-7H2/t8-,9-,10-,11-,12-,13-,14-,15+,16+,17+,18+,19+,20+,21+,22-,23-,24-,25-,26-,27-,28-,29-,30+,31+,32+,33+,34+,35+/m1/s1. The molecule has 0 bridgehead atoms. The molecular formula is C35H58O29. The number of hydrogen-bond acceptors (Lipinski definition) is 29. The lowest BCUT2D eigenvalue weighted by atomic mass is 10.0. The molecule has 7 fully saturated rings. The van der Waals surface area contributed by atoms with Crippen LogP contribution >= 0.6 is 0 Å². The lowest BCUT2D eigenvalue weighted by Crippen LogP contribution is -2.64. The van der Waals surface area contributed by atoms with Gasteiger partial charge in [0.1, 0.15) is 128 Å². The molecule has 0 radical (unpaired) electrons. The summed E-state index contributed by atoms with van der Waals surface area (Å²) in [5.74, 6) is 0. The first-order valence-electron chi connectivity index (χ1n) is 20.5.